The number of hydrogen-bond acceptors (Lipinski definition) is 2. The highest BCUT2D eigenvalue weighted by Crippen LogP contribution is 2.54. The Balaban J connectivity index is 1.85. The summed E-state index contributed by atoms with van der Waals surface area (Å²) in [5.41, 5.74) is 1.03. The molecule has 0 radical (unpaired) electrons. The summed E-state index contributed by atoms with van der Waals surface area (Å²) in [4.78, 5) is 0. The van der Waals surface area contributed by atoms with E-state index in [9.17, 15) is 14.6 Å². The largest absolute Gasteiger partial charge is 0.494 e. The SMILES string of the molecule is Oc1ccc(O)n1C1CC1c1ccc(F)cc1. The molecule has 3 rings (SSSR count). The molecule has 3 nitrogen and oxygen atoms in total. The minimum absolute atomic E-state index is 0.0652. The van der Waals surface area contributed by atoms with Crippen LogP contribution in [0.1, 0.15) is 23.9 Å². The lowest BCUT2D eigenvalue weighted by molar-refractivity contribution is 0.368. The third-order valence-corrected chi connectivity index (χ3v) is 3.26. The highest BCUT2D eigenvalue weighted by atomic mass is 19.1. The van der Waals surface area contributed by atoms with E-state index in [-0.39, 0.29) is 29.5 Å². The zero-order chi connectivity index (χ0) is 12.0. The van der Waals surface area contributed by atoms with E-state index in [0.29, 0.717) is 0 Å². The first-order chi connectivity index (χ1) is 8.16. The van der Waals surface area contributed by atoms with Crippen LogP contribution in [0.5, 0.6) is 11.8 Å². The lowest BCUT2D eigenvalue weighted by atomic mass is 10.1. The molecule has 1 aliphatic rings. The van der Waals surface area contributed by atoms with Crippen molar-refractivity contribution in [3.05, 3.63) is 47.8 Å². The number of aromatic hydroxyl groups is 2. The maximum atomic E-state index is 12.8. The van der Waals surface area contributed by atoms with Gasteiger partial charge in [0.05, 0.1) is 0 Å². The molecule has 2 unspecified atom stereocenters. The average molecular weight is 233 g/mol. The van der Waals surface area contributed by atoms with Crippen molar-refractivity contribution in [2.75, 3.05) is 0 Å². The molecule has 0 amide bonds. The highest BCUT2D eigenvalue weighted by molar-refractivity contribution is 5.33. The molecule has 0 bridgehead atoms. The second-order valence-electron chi connectivity index (χ2n) is 4.38. The van der Waals surface area contributed by atoms with Crippen molar-refractivity contribution in [2.24, 2.45) is 0 Å². The minimum atomic E-state index is -0.252. The van der Waals surface area contributed by atoms with E-state index in [2.05, 4.69) is 0 Å². The van der Waals surface area contributed by atoms with E-state index in [4.69, 9.17) is 0 Å². The highest BCUT2D eigenvalue weighted by Gasteiger charge is 2.41. The van der Waals surface area contributed by atoms with Crippen LogP contribution in [0.3, 0.4) is 0 Å². The fourth-order valence-corrected chi connectivity index (χ4v) is 2.30. The second-order valence-corrected chi connectivity index (χ2v) is 4.38. The van der Waals surface area contributed by atoms with Crippen molar-refractivity contribution in [3.63, 3.8) is 0 Å². The molecule has 0 spiro atoms. The van der Waals surface area contributed by atoms with Crippen LogP contribution in [0.2, 0.25) is 0 Å². The minimum Gasteiger partial charge on any atom is -0.494 e. The van der Waals surface area contributed by atoms with E-state index >= 15 is 0 Å². The van der Waals surface area contributed by atoms with Gasteiger partial charge >= 0.3 is 0 Å². The van der Waals surface area contributed by atoms with Crippen molar-refractivity contribution in [1.29, 1.82) is 0 Å². The van der Waals surface area contributed by atoms with Gasteiger partial charge in [-0.05, 0) is 24.1 Å². The monoisotopic (exact) mass is 233 g/mol. The summed E-state index contributed by atoms with van der Waals surface area (Å²) >= 11 is 0. The number of aromatic nitrogens is 1. The summed E-state index contributed by atoms with van der Waals surface area (Å²) in [7, 11) is 0. The van der Waals surface area contributed by atoms with Crippen molar-refractivity contribution in [2.45, 2.75) is 18.4 Å². The molecule has 2 atom stereocenters. The Bertz CT molecular complexity index is 528. The first-order valence-corrected chi connectivity index (χ1v) is 5.51. The van der Waals surface area contributed by atoms with Crippen LogP contribution in [0.15, 0.2) is 36.4 Å². The summed E-state index contributed by atoms with van der Waals surface area (Å²) in [5, 5.41) is 19.2. The van der Waals surface area contributed by atoms with Gasteiger partial charge < -0.3 is 10.2 Å². The Morgan fingerprint density at radius 1 is 1.00 bits per heavy atom. The first kappa shape index (κ1) is 10.2. The van der Waals surface area contributed by atoms with Gasteiger partial charge in [0.2, 0.25) is 0 Å². The zero-order valence-electron chi connectivity index (χ0n) is 9.05. The van der Waals surface area contributed by atoms with Crippen LogP contribution in [-0.2, 0) is 0 Å². The van der Waals surface area contributed by atoms with E-state index in [1.807, 2.05) is 0 Å². The molecule has 1 aliphatic carbocycles. The average Bonchev–Trinajstić information content (AvgIpc) is 3.01. The van der Waals surface area contributed by atoms with Crippen LogP contribution in [0.25, 0.3) is 0 Å². The smallest absolute Gasteiger partial charge is 0.194 e. The molecule has 17 heavy (non-hydrogen) atoms. The van der Waals surface area contributed by atoms with E-state index in [1.165, 1.54) is 28.8 Å². The molecule has 88 valence electrons. The van der Waals surface area contributed by atoms with E-state index in [1.54, 1.807) is 12.1 Å². The van der Waals surface area contributed by atoms with Gasteiger partial charge in [-0.15, -0.1) is 0 Å². The Morgan fingerprint density at radius 3 is 2.18 bits per heavy atom. The zero-order valence-corrected chi connectivity index (χ0v) is 9.05. The van der Waals surface area contributed by atoms with Gasteiger partial charge in [0.25, 0.3) is 0 Å². The quantitative estimate of drug-likeness (QED) is 0.837. The second kappa shape index (κ2) is 3.52. The molecular formula is C13H12FNO2. The Labute approximate surface area is 97.8 Å². The summed E-state index contributed by atoms with van der Waals surface area (Å²) in [6.07, 6.45) is 0.849. The maximum absolute atomic E-state index is 12.8. The summed E-state index contributed by atoms with van der Waals surface area (Å²) in [6.45, 7) is 0. The summed E-state index contributed by atoms with van der Waals surface area (Å²) < 4.78 is 14.3. The Morgan fingerprint density at radius 2 is 1.59 bits per heavy atom. The molecule has 1 saturated carbocycles. The van der Waals surface area contributed by atoms with Gasteiger partial charge in [0.15, 0.2) is 11.8 Å². The Hall–Kier alpha value is -1.97. The van der Waals surface area contributed by atoms with Crippen molar-refractivity contribution < 1.29 is 14.6 Å². The standard InChI is InChI=1S/C13H12FNO2/c14-9-3-1-8(2-4-9)10-7-11(10)15-12(16)5-6-13(15)17/h1-6,10-11,16-17H,7H2. The lowest BCUT2D eigenvalue weighted by Crippen LogP contribution is -1.94. The van der Waals surface area contributed by atoms with Gasteiger partial charge in [-0.3, -0.25) is 4.57 Å². The first-order valence-electron chi connectivity index (χ1n) is 5.51. The molecule has 1 fully saturated rings. The van der Waals surface area contributed by atoms with Crippen LogP contribution < -0.4 is 0 Å². The van der Waals surface area contributed by atoms with Crippen LogP contribution in [0, 0.1) is 5.82 Å². The van der Waals surface area contributed by atoms with Crippen molar-refractivity contribution >= 4 is 0 Å². The summed E-state index contributed by atoms with van der Waals surface area (Å²) in [6, 6.07) is 9.36. The van der Waals surface area contributed by atoms with Gasteiger partial charge in [-0.1, -0.05) is 12.1 Å². The molecule has 1 aromatic heterocycles. The lowest BCUT2D eigenvalue weighted by Gasteiger charge is -2.06. The molecule has 0 saturated heterocycles. The van der Waals surface area contributed by atoms with E-state index < -0.39 is 0 Å². The number of benzene rings is 1. The van der Waals surface area contributed by atoms with Crippen molar-refractivity contribution in [1.82, 2.24) is 4.57 Å². The summed E-state index contributed by atoms with van der Waals surface area (Å²) in [5.74, 6) is 0.117. The number of hydrogen-bond donors (Lipinski definition) is 2. The normalized spacial score (nSPS) is 22.6. The predicted molar refractivity (Wildman–Crippen MR) is 60.6 cm³/mol. The van der Waals surface area contributed by atoms with Gasteiger partial charge in [0.1, 0.15) is 5.82 Å². The fourth-order valence-electron chi connectivity index (χ4n) is 2.30. The molecule has 1 aromatic carbocycles. The van der Waals surface area contributed by atoms with Crippen LogP contribution in [0.4, 0.5) is 4.39 Å². The van der Waals surface area contributed by atoms with E-state index in [0.717, 1.165) is 12.0 Å². The third-order valence-electron chi connectivity index (χ3n) is 3.26. The predicted octanol–water partition coefficient (Wildman–Crippen LogP) is 2.77. The topological polar surface area (TPSA) is 45.4 Å². The molecule has 2 N–H and O–H groups in total. The fraction of sp³-hybridized carbons (Fsp3) is 0.231. The molecule has 0 aliphatic heterocycles. The molecule has 4 heteroatoms. The Kier molecular flexibility index (Phi) is 2.11. The molecule has 1 heterocycles. The number of halogens is 1. The molecular weight excluding hydrogens is 221 g/mol. The molecule has 2 aromatic rings. The van der Waals surface area contributed by atoms with Crippen LogP contribution in [-0.4, -0.2) is 14.8 Å². The number of nitrogens with zero attached hydrogens (tertiary/aromatic N) is 1. The van der Waals surface area contributed by atoms with Crippen LogP contribution >= 0.6 is 0 Å². The van der Waals surface area contributed by atoms with Crippen molar-refractivity contribution in [3.8, 4) is 11.8 Å². The van der Waals surface area contributed by atoms with Gasteiger partial charge in [-0.25, -0.2) is 4.39 Å². The third kappa shape index (κ3) is 1.65. The van der Waals surface area contributed by atoms with Gasteiger partial charge in [-0.2, -0.15) is 0 Å². The number of rotatable bonds is 2. The maximum Gasteiger partial charge on any atom is 0.194 e. The van der Waals surface area contributed by atoms with Gasteiger partial charge in [0, 0.05) is 24.1 Å².